The van der Waals surface area contributed by atoms with E-state index in [0.29, 0.717) is 6.04 Å². The Morgan fingerprint density at radius 2 is 1.43 bits per heavy atom. The summed E-state index contributed by atoms with van der Waals surface area (Å²) in [5.41, 5.74) is 8.23. The van der Waals surface area contributed by atoms with Crippen molar-refractivity contribution in [1.29, 1.82) is 0 Å². The molecule has 3 aromatic rings. The maximum Gasteiger partial charge on any atom is 0.0664 e. The molecule has 3 heterocycles. The highest BCUT2D eigenvalue weighted by Gasteiger charge is 2.25. The Labute approximate surface area is 240 Å². The van der Waals surface area contributed by atoms with Gasteiger partial charge in [-0.1, -0.05) is 66.7 Å². The number of hydrogen-bond donors (Lipinski definition) is 1. The summed E-state index contributed by atoms with van der Waals surface area (Å²) in [5.74, 6) is 0.819. The number of ether oxygens (including phenoxy) is 2. The SMILES string of the molecule is c1cc(CCN2CCOCC2)cc(-c2cccc(CN3CCOCC3c3ccc(CC4CCNCC4)cc3)c2)c1. The van der Waals surface area contributed by atoms with Crippen molar-refractivity contribution in [2.24, 2.45) is 5.92 Å². The molecule has 3 aliphatic heterocycles. The van der Waals surface area contributed by atoms with Gasteiger partial charge < -0.3 is 14.8 Å². The van der Waals surface area contributed by atoms with Crippen molar-refractivity contribution >= 4 is 0 Å². The molecule has 3 aliphatic rings. The summed E-state index contributed by atoms with van der Waals surface area (Å²) in [7, 11) is 0. The molecule has 5 heteroatoms. The van der Waals surface area contributed by atoms with Gasteiger partial charge in [-0.3, -0.25) is 9.80 Å². The Balaban J connectivity index is 1.10. The van der Waals surface area contributed by atoms with Crippen molar-refractivity contribution in [3.8, 4) is 11.1 Å². The third-order valence-electron chi connectivity index (χ3n) is 8.98. The lowest BCUT2D eigenvalue weighted by Crippen LogP contribution is -2.39. The Kier molecular flexibility index (Phi) is 9.59. The zero-order valence-electron chi connectivity index (χ0n) is 23.9. The molecule has 6 rings (SSSR count). The predicted molar refractivity (Wildman–Crippen MR) is 163 cm³/mol. The average Bonchev–Trinajstić information content (AvgIpc) is 3.02. The number of nitrogens with one attached hydrogen (secondary N) is 1. The molecule has 5 nitrogen and oxygen atoms in total. The number of nitrogens with zero attached hydrogens (tertiary/aromatic N) is 2. The minimum atomic E-state index is 0.300. The van der Waals surface area contributed by atoms with Crippen LogP contribution in [0.5, 0.6) is 0 Å². The molecule has 0 aliphatic carbocycles. The Morgan fingerprint density at radius 1 is 0.725 bits per heavy atom. The summed E-state index contributed by atoms with van der Waals surface area (Å²) >= 11 is 0. The Bertz CT molecular complexity index is 1200. The first-order valence-corrected chi connectivity index (χ1v) is 15.4. The van der Waals surface area contributed by atoms with Gasteiger partial charge in [0, 0.05) is 32.7 Å². The van der Waals surface area contributed by atoms with Gasteiger partial charge in [-0.15, -0.1) is 0 Å². The van der Waals surface area contributed by atoms with Crippen LogP contribution in [0.3, 0.4) is 0 Å². The first kappa shape index (κ1) is 27.6. The molecule has 0 amide bonds. The van der Waals surface area contributed by atoms with Crippen LogP contribution in [0, 0.1) is 5.92 Å². The Hall–Kier alpha value is -2.54. The summed E-state index contributed by atoms with van der Waals surface area (Å²) in [4.78, 5) is 5.11. The van der Waals surface area contributed by atoms with Crippen LogP contribution in [0.2, 0.25) is 0 Å². The van der Waals surface area contributed by atoms with E-state index in [-0.39, 0.29) is 0 Å². The summed E-state index contributed by atoms with van der Waals surface area (Å²) in [5, 5.41) is 3.48. The molecule has 1 atom stereocenters. The fraction of sp³-hybridized carbons (Fsp3) is 0.486. The van der Waals surface area contributed by atoms with E-state index in [1.54, 1.807) is 0 Å². The van der Waals surface area contributed by atoms with E-state index in [9.17, 15) is 0 Å². The van der Waals surface area contributed by atoms with Crippen molar-refractivity contribution < 1.29 is 9.47 Å². The van der Waals surface area contributed by atoms with Crippen LogP contribution in [0.15, 0.2) is 72.8 Å². The largest absolute Gasteiger partial charge is 0.379 e. The molecule has 0 bridgehead atoms. The molecule has 3 saturated heterocycles. The maximum absolute atomic E-state index is 5.97. The van der Waals surface area contributed by atoms with Crippen LogP contribution in [0.1, 0.15) is 41.1 Å². The normalized spacial score (nSPS) is 21.4. The zero-order chi connectivity index (χ0) is 27.0. The van der Waals surface area contributed by atoms with E-state index in [2.05, 4.69) is 87.9 Å². The second kappa shape index (κ2) is 13.9. The Morgan fingerprint density at radius 3 is 2.20 bits per heavy atom. The van der Waals surface area contributed by atoms with Crippen LogP contribution in [-0.2, 0) is 28.9 Å². The van der Waals surface area contributed by atoms with E-state index in [4.69, 9.17) is 9.47 Å². The lowest BCUT2D eigenvalue weighted by molar-refractivity contribution is -0.0127. The number of rotatable bonds is 9. The molecule has 0 aromatic heterocycles. The second-order valence-electron chi connectivity index (χ2n) is 11.8. The third kappa shape index (κ3) is 7.39. The second-order valence-corrected chi connectivity index (χ2v) is 11.8. The van der Waals surface area contributed by atoms with Crippen LogP contribution in [0.25, 0.3) is 11.1 Å². The maximum atomic E-state index is 5.97. The quantitative estimate of drug-likeness (QED) is 0.397. The summed E-state index contributed by atoms with van der Waals surface area (Å²) in [6, 6.07) is 28.0. The van der Waals surface area contributed by atoms with Gasteiger partial charge in [0.1, 0.15) is 0 Å². The summed E-state index contributed by atoms with van der Waals surface area (Å²) in [6.45, 7) is 10.7. The summed E-state index contributed by atoms with van der Waals surface area (Å²) in [6.07, 6.45) is 4.88. The minimum absolute atomic E-state index is 0.300. The van der Waals surface area contributed by atoms with E-state index < -0.39 is 0 Å². The molecule has 3 fully saturated rings. The van der Waals surface area contributed by atoms with E-state index in [1.165, 1.54) is 65.7 Å². The number of benzene rings is 3. The molecule has 0 radical (unpaired) electrons. The first-order valence-electron chi connectivity index (χ1n) is 15.4. The monoisotopic (exact) mass is 539 g/mol. The molecular formula is C35H45N3O2. The van der Waals surface area contributed by atoms with Crippen LogP contribution >= 0.6 is 0 Å². The van der Waals surface area contributed by atoms with Crippen molar-refractivity contribution in [3.63, 3.8) is 0 Å². The zero-order valence-corrected chi connectivity index (χ0v) is 23.9. The molecule has 1 N–H and O–H groups in total. The topological polar surface area (TPSA) is 37.0 Å². The lowest BCUT2D eigenvalue weighted by atomic mass is 9.90. The van der Waals surface area contributed by atoms with Crippen LogP contribution in [0.4, 0.5) is 0 Å². The number of morpholine rings is 2. The highest BCUT2D eigenvalue weighted by atomic mass is 16.5. The van der Waals surface area contributed by atoms with Gasteiger partial charge in [0.05, 0.1) is 32.5 Å². The highest BCUT2D eigenvalue weighted by Crippen LogP contribution is 2.29. The molecule has 0 saturated carbocycles. The van der Waals surface area contributed by atoms with Gasteiger partial charge >= 0.3 is 0 Å². The smallest absolute Gasteiger partial charge is 0.0664 e. The number of piperidine rings is 1. The van der Waals surface area contributed by atoms with E-state index in [1.807, 2.05) is 0 Å². The van der Waals surface area contributed by atoms with Crippen molar-refractivity contribution in [3.05, 3.63) is 95.1 Å². The average molecular weight is 540 g/mol. The fourth-order valence-electron chi connectivity index (χ4n) is 6.53. The molecular weight excluding hydrogens is 494 g/mol. The van der Waals surface area contributed by atoms with Crippen molar-refractivity contribution in [1.82, 2.24) is 15.1 Å². The van der Waals surface area contributed by atoms with Gasteiger partial charge in [-0.05, 0) is 84.1 Å². The van der Waals surface area contributed by atoms with E-state index in [0.717, 1.165) is 71.5 Å². The first-order chi connectivity index (χ1) is 19.8. The number of hydrogen-bond acceptors (Lipinski definition) is 5. The van der Waals surface area contributed by atoms with Gasteiger partial charge in [0.15, 0.2) is 0 Å². The van der Waals surface area contributed by atoms with Crippen molar-refractivity contribution in [2.75, 3.05) is 65.7 Å². The lowest BCUT2D eigenvalue weighted by Gasteiger charge is -2.36. The standard InChI is InChI=1S/C35H45N3O2/c1-3-28(13-16-37-17-20-39-21-18-37)24-33(5-1)34-6-2-4-31(25-34)26-38-19-22-40-27-35(38)32-9-7-29(8-10-32)23-30-11-14-36-15-12-30/h1-10,24-25,30,35-36H,11-23,26-27H2. The highest BCUT2D eigenvalue weighted by molar-refractivity contribution is 5.65. The van der Waals surface area contributed by atoms with Crippen molar-refractivity contribution in [2.45, 2.75) is 38.3 Å². The van der Waals surface area contributed by atoms with Crippen LogP contribution in [-0.4, -0.2) is 75.5 Å². The van der Waals surface area contributed by atoms with Gasteiger partial charge in [0.25, 0.3) is 0 Å². The minimum Gasteiger partial charge on any atom is -0.379 e. The molecule has 0 spiro atoms. The predicted octanol–water partition coefficient (Wildman–Crippen LogP) is 5.34. The van der Waals surface area contributed by atoms with Gasteiger partial charge in [-0.2, -0.15) is 0 Å². The van der Waals surface area contributed by atoms with Gasteiger partial charge in [0.2, 0.25) is 0 Å². The van der Waals surface area contributed by atoms with E-state index >= 15 is 0 Å². The fourth-order valence-corrected chi connectivity index (χ4v) is 6.53. The molecule has 1 unspecified atom stereocenters. The molecule has 40 heavy (non-hydrogen) atoms. The van der Waals surface area contributed by atoms with Gasteiger partial charge in [-0.25, -0.2) is 0 Å². The molecule has 212 valence electrons. The van der Waals surface area contributed by atoms with Crippen LogP contribution < -0.4 is 5.32 Å². The molecule has 3 aromatic carbocycles. The summed E-state index contributed by atoms with van der Waals surface area (Å²) < 4.78 is 11.5. The third-order valence-corrected chi connectivity index (χ3v) is 8.98.